The number of carbonyl (C=O) groups is 1. The Kier molecular flexibility index (Phi) is 3.56. The normalized spacial score (nSPS) is 20.3. The Morgan fingerprint density at radius 1 is 1.13 bits per heavy atom. The molecule has 1 rings (SSSR count). The summed E-state index contributed by atoms with van der Waals surface area (Å²) in [6.45, 7) is 14.3. The van der Waals surface area contributed by atoms with E-state index in [9.17, 15) is 4.79 Å². The highest BCUT2D eigenvalue weighted by Crippen LogP contribution is 2.36. The van der Waals surface area contributed by atoms with Gasteiger partial charge in [-0.2, -0.15) is 0 Å². The third kappa shape index (κ3) is 2.23. The van der Waals surface area contributed by atoms with Crippen LogP contribution in [0.2, 0.25) is 0 Å². The minimum Gasteiger partial charge on any atom is -0.314 e. The van der Waals surface area contributed by atoms with Crippen molar-refractivity contribution in [3.8, 4) is 0 Å². The predicted octanol–water partition coefficient (Wildman–Crippen LogP) is 1.29. The molecule has 3 nitrogen and oxygen atoms in total. The van der Waals surface area contributed by atoms with Crippen LogP contribution in [0, 0.1) is 5.41 Å². The van der Waals surface area contributed by atoms with E-state index in [-0.39, 0.29) is 16.7 Å². The smallest absolute Gasteiger partial charge is 0.137 e. The topological polar surface area (TPSA) is 32.3 Å². The van der Waals surface area contributed by atoms with E-state index in [1.807, 2.05) is 0 Å². The van der Waals surface area contributed by atoms with Crippen molar-refractivity contribution in [3.63, 3.8) is 0 Å². The van der Waals surface area contributed by atoms with Crippen LogP contribution in [0.5, 0.6) is 0 Å². The summed E-state index contributed by atoms with van der Waals surface area (Å²) in [7, 11) is 0. The molecule has 1 aliphatic rings. The van der Waals surface area contributed by atoms with Gasteiger partial charge in [0.2, 0.25) is 0 Å². The SMILES string of the molecule is CC(=O)C(C)(C)C(C)(C)N1CCNCC1. The minimum absolute atomic E-state index is 0.0685. The van der Waals surface area contributed by atoms with E-state index in [1.165, 1.54) is 0 Å². The fourth-order valence-electron chi connectivity index (χ4n) is 2.05. The van der Waals surface area contributed by atoms with Gasteiger partial charge >= 0.3 is 0 Å². The average molecular weight is 212 g/mol. The molecule has 1 saturated heterocycles. The molecule has 0 aromatic rings. The quantitative estimate of drug-likeness (QED) is 0.765. The molecule has 88 valence electrons. The fourth-order valence-corrected chi connectivity index (χ4v) is 2.05. The number of hydrogen-bond donors (Lipinski definition) is 1. The number of carbonyl (C=O) groups excluding carboxylic acids is 1. The molecule has 0 aliphatic carbocycles. The molecule has 1 aliphatic heterocycles. The second kappa shape index (κ2) is 4.22. The zero-order chi connectivity index (χ0) is 11.7. The Hall–Kier alpha value is -0.410. The highest BCUT2D eigenvalue weighted by Gasteiger charge is 2.44. The Bertz CT molecular complexity index is 240. The summed E-state index contributed by atoms with van der Waals surface area (Å²) in [5, 5.41) is 3.34. The van der Waals surface area contributed by atoms with Gasteiger partial charge in [-0.25, -0.2) is 0 Å². The largest absolute Gasteiger partial charge is 0.314 e. The van der Waals surface area contributed by atoms with Crippen molar-refractivity contribution in [2.75, 3.05) is 26.2 Å². The van der Waals surface area contributed by atoms with E-state index >= 15 is 0 Å². The molecule has 15 heavy (non-hydrogen) atoms. The maximum absolute atomic E-state index is 11.7. The Morgan fingerprint density at radius 2 is 1.60 bits per heavy atom. The van der Waals surface area contributed by atoms with Gasteiger partial charge in [-0.05, 0) is 20.8 Å². The highest BCUT2D eigenvalue weighted by atomic mass is 16.1. The second-order valence-electron chi connectivity index (χ2n) is 5.48. The van der Waals surface area contributed by atoms with Gasteiger partial charge in [0.05, 0.1) is 0 Å². The van der Waals surface area contributed by atoms with Gasteiger partial charge < -0.3 is 5.32 Å². The summed E-state index contributed by atoms with van der Waals surface area (Å²) in [4.78, 5) is 14.1. The van der Waals surface area contributed by atoms with Crippen LogP contribution in [0.1, 0.15) is 34.6 Å². The molecule has 3 heteroatoms. The molecule has 0 radical (unpaired) electrons. The molecule has 1 N–H and O–H groups in total. The number of ketones is 1. The number of hydrogen-bond acceptors (Lipinski definition) is 3. The monoisotopic (exact) mass is 212 g/mol. The fraction of sp³-hybridized carbons (Fsp3) is 0.917. The lowest BCUT2D eigenvalue weighted by molar-refractivity contribution is -0.133. The van der Waals surface area contributed by atoms with Crippen molar-refractivity contribution in [1.82, 2.24) is 10.2 Å². The van der Waals surface area contributed by atoms with Crippen LogP contribution < -0.4 is 5.32 Å². The van der Waals surface area contributed by atoms with Gasteiger partial charge in [-0.3, -0.25) is 9.69 Å². The molecule has 0 unspecified atom stereocenters. The molecular formula is C12H24N2O. The number of piperazine rings is 1. The third-order valence-corrected chi connectivity index (χ3v) is 4.32. The molecule has 0 aromatic carbocycles. The first-order chi connectivity index (χ1) is 6.80. The average Bonchev–Trinajstić information content (AvgIpc) is 2.18. The summed E-state index contributed by atoms with van der Waals surface area (Å²) in [6, 6.07) is 0. The zero-order valence-corrected chi connectivity index (χ0v) is 10.7. The lowest BCUT2D eigenvalue weighted by Gasteiger charge is -2.49. The highest BCUT2D eigenvalue weighted by molar-refractivity contribution is 5.83. The van der Waals surface area contributed by atoms with E-state index in [4.69, 9.17) is 0 Å². The zero-order valence-electron chi connectivity index (χ0n) is 10.7. The van der Waals surface area contributed by atoms with Gasteiger partial charge in [-0.15, -0.1) is 0 Å². The standard InChI is InChI=1S/C12H24N2O/c1-10(15)11(2,3)12(4,5)14-8-6-13-7-9-14/h13H,6-9H2,1-5H3. The molecule has 0 saturated carbocycles. The van der Waals surface area contributed by atoms with Gasteiger partial charge in [-0.1, -0.05) is 13.8 Å². The van der Waals surface area contributed by atoms with E-state index in [2.05, 4.69) is 37.9 Å². The van der Waals surface area contributed by atoms with Gasteiger partial charge in [0, 0.05) is 37.1 Å². The lowest BCUT2D eigenvalue weighted by atomic mass is 9.70. The third-order valence-electron chi connectivity index (χ3n) is 4.32. The molecular weight excluding hydrogens is 188 g/mol. The summed E-state index contributed by atoms with van der Waals surface area (Å²) in [5.41, 5.74) is -0.356. The number of rotatable bonds is 3. The van der Waals surface area contributed by atoms with E-state index in [0.29, 0.717) is 0 Å². The molecule has 0 bridgehead atoms. The van der Waals surface area contributed by atoms with Crippen LogP contribution in [-0.2, 0) is 4.79 Å². The van der Waals surface area contributed by atoms with E-state index in [0.717, 1.165) is 26.2 Å². The first kappa shape index (κ1) is 12.7. The van der Waals surface area contributed by atoms with Crippen molar-refractivity contribution in [1.29, 1.82) is 0 Å². The van der Waals surface area contributed by atoms with Crippen LogP contribution in [0.4, 0.5) is 0 Å². The van der Waals surface area contributed by atoms with Crippen LogP contribution >= 0.6 is 0 Å². The summed E-state index contributed by atoms with van der Waals surface area (Å²) in [6.07, 6.45) is 0. The van der Waals surface area contributed by atoms with Crippen molar-refractivity contribution in [2.45, 2.75) is 40.2 Å². The summed E-state index contributed by atoms with van der Waals surface area (Å²) < 4.78 is 0. The van der Waals surface area contributed by atoms with Crippen molar-refractivity contribution in [3.05, 3.63) is 0 Å². The first-order valence-electron chi connectivity index (χ1n) is 5.77. The van der Waals surface area contributed by atoms with Gasteiger partial charge in [0.25, 0.3) is 0 Å². The number of Topliss-reactive ketones (excluding diaryl/α,β-unsaturated/α-hetero) is 1. The summed E-state index contributed by atoms with van der Waals surface area (Å²) in [5.74, 6) is 0.269. The van der Waals surface area contributed by atoms with Crippen LogP contribution in [0.3, 0.4) is 0 Å². The van der Waals surface area contributed by atoms with Gasteiger partial charge in [0.15, 0.2) is 0 Å². The predicted molar refractivity (Wildman–Crippen MR) is 63.0 cm³/mol. The van der Waals surface area contributed by atoms with E-state index < -0.39 is 0 Å². The summed E-state index contributed by atoms with van der Waals surface area (Å²) >= 11 is 0. The molecule has 0 spiro atoms. The van der Waals surface area contributed by atoms with Crippen molar-refractivity contribution >= 4 is 5.78 Å². The Labute approximate surface area is 93.2 Å². The van der Waals surface area contributed by atoms with Crippen molar-refractivity contribution < 1.29 is 4.79 Å². The molecule has 1 heterocycles. The van der Waals surface area contributed by atoms with Crippen LogP contribution in [0.25, 0.3) is 0 Å². The van der Waals surface area contributed by atoms with Crippen molar-refractivity contribution in [2.24, 2.45) is 5.41 Å². The molecule has 0 atom stereocenters. The molecule has 0 amide bonds. The number of nitrogens with one attached hydrogen (secondary N) is 1. The second-order valence-corrected chi connectivity index (χ2v) is 5.48. The first-order valence-corrected chi connectivity index (χ1v) is 5.77. The Morgan fingerprint density at radius 3 is 2.00 bits per heavy atom. The van der Waals surface area contributed by atoms with E-state index in [1.54, 1.807) is 6.92 Å². The molecule has 1 fully saturated rings. The maximum atomic E-state index is 11.7. The Balaban J connectivity index is 2.84. The van der Waals surface area contributed by atoms with Crippen LogP contribution in [0.15, 0.2) is 0 Å². The lowest BCUT2D eigenvalue weighted by Crippen LogP contribution is -2.61. The maximum Gasteiger partial charge on any atom is 0.137 e. The number of nitrogens with zero attached hydrogens (tertiary/aromatic N) is 1. The van der Waals surface area contributed by atoms with Gasteiger partial charge in [0.1, 0.15) is 5.78 Å². The minimum atomic E-state index is -0.287. The molecule has 0 aromatic heterocycles. The van der Waals surface area contributed by atoms with Crippen LogP contribution in [-0.4, -0.2) is 42.4 Å².